The van der Waals surface area contributed by atoms with Crippen molar-refractivity contribution in [2.24, 2.45) is 5.92 Å². The molecule has 2 aliphatic rings. The van der Waals surface area contributed by atoms with E-state index >= 15 is 0 Å². The van der Waals surface area contributed by atoms with Gasteiger partial charge in [-0.1, -0.05) is 31.1 Å². The Kier molecular flexibility index (Phi) is 4.90. The first kappa shape index (κ1) is 16.8. The van der Waals surface area contributed by atoms with Crippen LogP contribution in [0.5, 0.6) is 0 Å². The first-order valence-corrected chi connectivity index (χ1v) is 10.1. The summed E-state index contributed by atoms with van der Waals surface area (Å²) in [6.07, 6.45) is 4.80. The van der Waals surface area contributed by atoms with Crippen molar-refractivity contribution in [2.45, 2.75) is 38.6 Å². The Bertz CT molecular complexity index is 754. The van der Waals surface area contributed by atoms with E-state index in [-0.39, 0.29) is 5.91 Å². The van der Waals surface area contributed by atoms with Crippen LogP contribution >= 0.6 is 11.3 Å². The van der Waals surface area contributed by atoms with E-state index < -0.39 is 0 Å². The average Bonchev–Trinajstić information content (AvgIpc) is 3.07. The molecule has 1 aromatic carbocycles. The fourth-order valence-corrected chi connectivity index (χ4v) is 4.78. The summed E-state index contributed by atoms with van der Waals surface area (Å²) in [7, 11) is 0. The third-order valence-corrected chi connectivity index (χ3v) is 6.43. The number of anilines is 1. The molecule has 2 fully saturated rings. The molecule has 1 aliphatic carbocycles. The predicted molar refractivity (Wildman–Crippen MR) is 102 cm³/mol. The van der Waals surface area contributed by atoms with E-state index in [4.69, 9.17) is 9.72 Å². The van der Waals surface area contributed by atoms with Crippen molar-refractivity contribution >= 4 is 32.6 Å². The lowest BCUT2D eigenvalue weighted by Crippen LogP contribution is -2.41. The maximum atomic E-state index is 12.7. The molecule has 134 valence electrons. The monoisotopic (exact) mass is 359 g/mol. The molecule has 1 saturated carbocycles. The Morgan fingerprint density at radius 2 is 2.08 bits per heavy atom. The van der Waals surface area contributed by atoms with Crippen LogP contribution in [0.25, 0.3) is 10.2 Å². The number of amides is 1. The van der Waals surface area contributed by atoms with Gasteiger partial charge in [0.15, 0.2) is 5.13 Å². The number of carbonyl (C=O) groups excluding carboxylic acids is 1. The molecule has 0 spiro atoms. The minimum absolute atomic E-state index is 0.0435. The number of rotatable bonds is 3. The van der Waals surface area contributed by atoms with E-state index in [0.29, 0.717) is 12.0 Å². The van der Waals surface area contributed by atoms with E-state index in [2.05, 4.69) is 17.1 Å². The standard InChI is InChI=1S/C19H25N3O2S/c1-13-4-2-3-5-15(13)20-18(23)14-6-7-16-17(12-14)25-19(21-16)22-8-10-24-11-9-22/h6-7,12-13,15H,2-5,8-11H2,1H3,(H,20,23)/t13-,15-/m0/s1. The van der Waals surface area contributed by atoms with E-state index in [1.54, 1.807) is 11.3 Å². The van der Waals surface area contributed by atoms with Gasteiger partial charge in [-0.05, 0) is 37.0 Å². The van der Waals surface area contributed by atoms with Crippen LogP contribution in [0.15, 0.2) is 18.2 Å². The van der Waals surface area contributed by atoms with Crippen LogP contribution in [0.4, 0.5) is 5.13 Å². The van der Waals surface area contributed by atoms with Gasteiger partial charge in [-0.2, -0.15) is 0 Å². The number of benzene rings is 1. The number of thiazole rings is 1. The molecule has 1 saturated heterocycles. The maximum Gasteiger partial charge on any atom is 0.251 e. The zero-order valence-electron chi connectivity index (χ0n) is 14.7. The SMILES string of the molecule is C[C@H]1CCCC[C@@H]1NC(=O)c1ccc2nc(N3CCOCC3)sc2c1. The van der Waals surface area contributed by atoms with Crippen LogP contribution in [-0.2, 0) is 4.74 Å². The molecular formula is C19H25N3O2S. The number of hydrogen-bond donors (Lipinski definition) is 1. The van der Waals surface area contributed by atoms with Gasteiger partial charge in [0.2, 0.25) is 0 Å². The summed E-state index contributed by atoms with van der Waals surface area (Å²) >= 11 is 1.66. The Labute approximate surface area is 152 Å². The third-order valence-electron chi connectivity index (χ3n) is 5.35. The summed E-state index contributed by atoms with van der Waals surface area (Å²) in [4.78, 5) is 19.6. The van der Waals surface area contributed by atoms with Crippen molar-refractivity contribution in [1.82, 2.24) is 10.3 Å². The van der Waals surface area contributed by atoms with Crippen LogP contribution in [0.3, 0.4) is 0 Å². The molecule has 1 aromatic heterocycles. The number of aromatic nitrogens is 1. The highest BCUT2D eigenvalue weighted by Crippen LogP contribution is 2.30. The van der Waals surface area contributed by atoms with Gasteiger partial charge in [-0.3, -0.25) is 4.79 Å². The van der Waals surface area contributed by atoms with Crippen LogP contribution < -0.4 is 10.2 Å². The number of nitrogens with one attached hydrogen (secondary N) is 1. The highest BCUT2D eigenvalue weighted by atomic mass is 32.1. The Hall–Kier alpha value is -1.66. The summed E-state index contributed by atoms with van der Waals surface area (Å²) in [6, 6.07) is 6.16. The van der Waals surface area contributed by atoms with Gasteiger partial charge < -0.3 is 15.0 Å². The second-order valence-electron chi connectivity index (χ2n) is 7.12. The van der Waals surface area contributed by atoms with Crippen molar-refractivity contribution in [3.63, 3.8) is 0 Å². The molecule has 0 radical (unpaired) electrons. The molecule has 2 atom stereocenters. The zero-order valence-corrected chi connectivity index (χ0v) is 15.5. The predicted octanol–water partition coefficient (Wildman–Crippen LogP) is 3.44. The average molecular weight is 359 g/mol. The molecule has 0 bridgehead atoms. The molecule has 25 heavy (non-hydrogen) atoms. The Morgan fingerprint density at radius 3 is 2.88 bits per heavy atom. The second kappa shape index (κ2) is 7.30. The topological polar surface area (TPSA) is 54.5 Å². The second-order valence-corrected chi connectivity index (χ2v) is 8.13. The first-order chi connectivity index (χ1) is 12.2. The Balaban J connectivity index is 1.51. The summed E-state index contributed by atoms with van der Waals surface area (Å²) in [6.45, 7) is 5.51. The van der Waals surface area contributed by atoms with Crippen LogP contribution in [0, 0.1) is 5.92 Å². The zero-order chi connectivity index (χ0) is 17.2. The largest absolute Gasteiger partial charge is 0.378 e. The van der Waals surface area contributed by atoms with Crippen molar-refractivity contribution in [1.29, 1.82) is 0 Å². The lowest BCUT2D eigenvalue weighted by molar-refractivity contribution is 0.0910. The third kappa shape index (κ3) is 3.65. The molecule has 2 heterocycles. The normalized spacial score (nSPS) is 24.4. The quantitative estimate of drug-likeness (QED) is 0.912. The van der Waals surface area contributed by atoms with Crippen molar-refractivity contribution < 1.29 is 9.53 Å². The summed E-state index contributed by atoms with van der Waals surface area (Å²) in [5.74, 6) is 0.611. The Morgan fingerprint density at radius 1 is 1.28 bits per heavy atom. The van der Waals surface area contributed by atoms with Crippen molar-refractivity contribution in [2.75, 3.05) is 31.2 Å². The summed E-state index contributed by atoms with van der Waals surface area (Å²) in [5, 5.41) is 4.26. The van der Waals surface area contributed by atoms with Gasteiger partial charge in [0.05, 0.1) is 23.4 Å². The minimum Gasteiger partial charge on any atom is -0.378 e. The molecule has 6 heteroatoms. The number of fused-ring (bicyclic) bond motifs is 1. The maximum absolute atomic E-state index is 12.7. The van der Waals surface area contributed by atoms with Gasteiger partial charge in [0.1, 0.15) is 0 Å². The number of carbonyl (C=O) groups is 1. The van der Waals surface area contributed by atoms with E-state index in [1.807, 2.05) is 18.2 Å². The highest BCUT2D eigenvalue weighted by molar-refractivity contribution is 7.22. The fraction of sp³-hybridized carbons (Fsp3) is 0.579. The molecule has 4 rings (SSSR count). The smallest absolute Gasteiger partial charge is 0.251 e. The van der Waals surface area contributed by atoms with Crippen LogP contribution in [0.2, 0.25) is 0 Å². The lowest BCUT2D eigenvalue weighted by Gasteiger charge is -2.29. The van der Waals surface area contributed by atoms with Gasteiger partial charge in [0.25, 0.3) is 5.91 Å². The van der Waals surface area contributed by atoms with E-state index in [1.165, 1.54) is 19.3 Å². The highest BCUT2D eigenvalue weighted by Gasteiger charge is 2.23. The number of morpholine rings is 1. The van der Waals surface area contributed by atoms with Gasteiger partial charge in [0, 0.05) is 24.7 Å². The van der Waals surface area contributed by atoms with Gasteiger partial charge in [-0.25, -0.2) is 4.98 Å². The molecule has 2 aromatic rings. The van der Waals surface area contributed by atoms with Crippen molar-refractivity contribution in [3.05, 3.63) is 23.8 Å². The molecule has 1 N–H and O–H groups in total. The molecule has 1 aliphatic heterocycles. The van der Waals surface area contributed by atoms with Crippen LogP contribution in [0.1, 0.15) is 43.0 Å². The molecule has 1 amide bonds. The number of ether oxygens (including phenoxy) is 1. The van der Waals surface area contributed by atoms with Crippen LogP contribution in [-0.4, -0.2) is 43.2 Å². The van der Waals surface area contributed by atoms with Gasteiger partial charge in [-0.15, -0.1) is 0 Å². The number of nitrogens with zero attached hydrogens (tertiary/aromatic N) is 2. The summed E-state index contributed by atoms with van der Waals surface area (Å²) < 4.78 is 6.48. The van der Waals surface area contributed by atoms with E-state index in [0.717, 1.165) is 53.6 Å². The minimum atomic E-state index is 0.0435. The van der Waals surface area contributed by atoms with Gasteiger partial charge >= 0.3 is 0 Å². The fourth-order valence-electron chi connectivity index (χ4n) is 3.73. The lowest BCUT2D eigenvalue weighted by atomic mass is 9.86. The molecular weight excluding hydrogens is 334 g/mol. The number of hydrogen-bond acceptors (Lipinski definition) is 5. The van der Waals surface area contributed by atoms with Crippen molar-refractivity contribution in [3.8, 4) is 0 Å². The molecule has 5 nitrogen and oxygen atoms in total. The first-order valence-electron chi connectivity index (χ1n) is 9.25. The summed E-state index contributed by atoms with van der Waals surface area (Å²) in [5.41, 5.74) is 1.71. The molecule has 0 unspecified atom stereocenters. The van der Waals surface area contributed by atoms with E-state index in [9.17, 15) is 4.79 Å².